The average Bonchev–Trinajstić information content (AvgIpc) is 3.36. The number of rotatable bonds is 10. The smallest absolute Gasteiger partial charge is 0.246 e. The van der Waals surface area contributed by atoms with E-state index in [1.54, 1.807) is 4.90 Å². The molecule has 8 heteroatoms. The number of unbranched alkanes of at least 4 members (excludes halogenated alkanes) is 2. The number of carbonyl (C=O) groups is 3. The van der Waals surface area contributed by atoms with E-state index < -0.39 is 29.1 Å². The van der Waals surface area contributed by atoms with Gasteiger partial charge in [0.25, 0.3) is 0 Å². The summed E-state index contributed by atoms with van der Waals surface area (Å²) >= 11 is 0. The van der Waals surface area contributed by atoms with Crippen molar-refractivity contribution in [2.45, 2.75) is 108 Å². The first-order valence-electron chi connectivity index (χ1n) is 13.1. The number of hydrogen-bond donors (Lipinski definition) is 3. The average molecular weight is 464 g/mol. The lowest BCUT2D eigenvalue weighted by Crippen LogP contribution is -2.57. The van der Waals surface area contributed by atoms with E-state index in [-0.39, 0.29) is 30.4 Å². The molecule has 8 nitrogen and oxygen atoms in total. The standard InChI is InChI=1S/C25H41N3O5/c1-3-14-26-21(30)18-19-23(32)28(15-8-5-9-16-29)20(25(19)13-12-24(18,2)33-25)22(31)27-17-10-6-4-7-11-17/h17-20,29H,3-16H2,1-2H3,(H,26,30)(H,27,31)/t18-,19+,20?,24+,25?/m1/s1. The van der Waals surface area contributed by atoms with E-state index in [2.05, 4.69) is 10.6 Å². The minimum absolute atomic E-state index is 0.118. The Kier molecular flexibility index (Phi) is 7.34. The Morgan fingerprint density at radius 3 is 2.58 bits per heavy atom. The van der Waals surface area contributed by atoms with Crippen molar-refractivity contribution in [3.63, 3.8) is 0 Å². The van der Waals surface area contributed by atoms with E-state index in [1.807, 2.05) is 13.8 Å². The summed E-state index contributed by atoms with van der Waals surface area (Å²) in [6, 6.07) is -0.553. The number of ether oxygens (including phenoxy) is 1. The summed E-state index contributed by atoms with van der Waals surface area (Å²) in [6.45, 7) is 5.07. The Bertz CT molecular complexity index is 754. The lowest BCUT2D eigenvalue weighted by atomic mass is 9.66. The van der Waals surface area contributed by atoms with Gasteiger partial charge >= 0.3 is 0 Å². The summed E-state index contributed by atoms with van der Waals surface area (Å²) in [5.41, 5.74) is -1.65. The second kappa shape index (κ2) is 9.90. The molecule has 0 aromatic carbocycles. The molecule has 4 fully saturated rings. The van der Waals surface area contributed by atoms with E-state index >= 15 is 0 Å². The highest BCUT2D eigenvalue weighted by atomic mass is 16.5. The molecular formula is C25H41N3O5. The summed E-state index contributed by atoms with van der Waals surface area (Å²) in [5.74, 6) is -1.57. The molecule has 5 atom stereocenters. The van der Waals surface area contributed by atoms with Crippen LogP contribution in [0.5, 0.6) is 0 Å². The van der Waals surface area contributed by atoms with Crippen molar-refractivity contribution >= 4 is 17.7 Å². The Morgan fingerprint density at radius 1 is 1.12 bits per heavy atom. The molecule has 0 aromatic rings. The highest BCUT2D eigenvalue weighted by Gasteiger charge is 2.77. The molecule has 3 N–H and O–H groups in total. The predicted octanol–water partition coefficient (Wildman–Crippen LogP) is 1.89. The van der Waals surface area contributed by atoms with Gasteiger partial charge in [-0.05, 0) is 58.3 Å². The second-order valence-corrected chi connectivity index (χ2v) is 10.7. The Morgan fingerprint density at radius 2 is 1.88 bits per heavy atom. The van der Waals surface area contributed by atoms with E-state index in [9.17, 15) is 14.4 Å². The second-order valence-electron chi connectivity index (χ2n) is 10.7. The van der Waals surface area contributed by atoms with Gasteiger partial charge in [0.1, 0.15) is 11.6 Å². The Balaban J connectivity index is 1.61. The first-order valence-corrected chi connectivity index (χ1v) is 13.1. The molecule has 1 aliphatic carbocycles. The number of likely N-dealkylation sites (tertiary alicyclic amines) is 1. The van der Waals surface area contributed by atoms with Crippen molar-refractivity contribution in [1.82, 2.24) is 15.5 Å². The van der Waals surface area contributed by atoms with Crippen LogP contribution in [0.4, 0.5) is 0 Å². The summed E-state index contributed by atoms with van der Waals surface area (Å²) in [4.78, 5) is 42.4. The van der Waals surface area contributed by atoms with Crippen LogP contribution >= 0.6 is 0 Å². The zero-order valence-corrected chi connectivity index (χ0v) is 20.2. The lowest BCUT2D eigenvalue weighted by molar-refractivity contribution is -0.146. The van der Waals surface area contributed by atoms with Crippen molar-refractivity contribution < 1.29 is 24.2 Å². The van der Waals surface area contributed by atoms with Crippen molar-refractivity contribution in [3.8, 4) is 0 Å². The van der Waals surface area contributed by atoms with Crippen molar-refractivity contribution in [2.24, 2.45) is 11.8 Å². The van der Waals surface area contributed by atoms with Crippen LogP contribution in [0, 0.1) is 11.8 Å². The molecule has 186 valence electrons. The molecule has 0 aromatic heterocycles. The van der Waals surface area contributed by atoms with Gasteiger partial charge in [0.05, 0.1) is 17.4 Å². The van der Waals surface area contributed by atoms with Crippen LogP contribution in [0.15, 0.2) is 0 Å². The maximum atomic E-state index is 13.8. The summed E-state index contributed by atoms with van der Waals surface area (Å²) in [6.07, 6.45) is 9.66. The van der Waals surface area contributed by atoms with Gasteiger partial charge in [-0.1, -0.05) is 26.2 Å². The van der Waals surface area contributed by atoms with Crippen molar-refractivity contribution in [2.75, 3.05) is 19.7 Å². The fourth-order valence-corrected chi connectivity index (χ4v) is 6.82. The third-order valence-electron chi connectivity index (χ3n) is 8.37. The van der Waals surface area contributed by atoms with Crippen LogP contribution in [-0.4, -0.2) is 70.7 Å². The van der Waals surface area contributed by atoms with Gasteiger partial charge < -0.3 is 25.4 Å². The Labute approximate surface area is 197 Å². The van der Waals surface area contributed by atoms with Crippen LogP contribution in [0.2, 0.25) is 0 Å². The number of amides is 3. The molecule has 3 heterocycles. The molecule has 4 rings (SSSR count). The summed E-state index contributed by atoms with van der Waals surface area (Å²) in [5, 5.41) is 15.4. The molecule has 3 amide bonds. The highest BCUT2D eigenvalue weighted by molar-refractivity contribution is 5.99. The van der Waals surface area contributed by atoms with Crippen LogP contribution < -0.4 is 10.6 Å². The van der Waals surface area contributed by atoms with Gasteiger partial charge in [-0.2, -0.15) is 0 Å². The molecule has 3 saturated heterocycles. The monoisotopic (exact) mass is 463 g/mol. The summed E-state index contributed by atoms with van der Waals surface area (Å²) < 4.78 is 6.61. The van der Waals surface area contributed by atoms with Gasteiger partial charge in [-0.15, -0.1) is 0 Å². The zero-order chi connectivity index (χ0) is 23.6. The number of aliphatic hydroxyl groups excluding tert-OH is 1. The molecule has 3 aliphatic heterocycles. The normalized spacial score (nSPS) is 35.7. The molecular weight excluding hydrogens is 422 g/mol. The van der Waals surface area contributed by atoms with Crippen molar-refractivity contribution in [1.29, 1.82) is 0 Å². The van der Waals surface area contributed by atoms with E-state index in [4.69, 9.17) is 9.84 Å². The zero-order valence-electron chi connectivity index (χ0n) is 20.2. The first-order chi connectivity index (χ1) is 15.9. The van der Waals surface area contributed by atoms with Gasteiger partial charge in [0, 0.05) is 25.7 Å². The van der Waals surface area contributed by atoms with Crippen LogP contribution in [0.25, 0.3) is 0 Å². The fraction of sp³-hybridized carbons (Fsp3) is 0.880. The number of nitrogens with one attached hydrogen (secondary N) is 2. The first kappa shape index (κ1) is 24.5. The number of carbonyl (C=O) groups excluding carboxylic acids is 3. The number of aliphatic hydroxyl groups is 1. The SMILES string of the molecule is CCCNC(=O)[C@H]1[C@H]2C(=O)N(CCCCCO)C(C(=O)NC3CCCCC3)C23CC[C@]1(C)O3. The van der Waals surface area contributed by atoms with E-state index in [0.717, 1.165) is 38.5 Å². The largest absolute Gasteiger partial charge is 0.396 e. The molecule has 2 bridgehead atoms. The maximum Gasteiger partial charge on any atom is 0.246 e. The minimum atomic E-state index is -0.935. The fourth-order valence-electron chi connectivity index (χ4n) is 6.82. The molecule has 33 heavy (non-hydrogen) atoms. The lowest BCUT2D eigenvalue weighted by Gasteiger charge is -2.35. The third-order valence-corrected chi connectivity index (χ3v) is 8.37. The minimum Gasteiger partial charge on any atom is -0.396 e. The Hall–Kier alpha value is -1.67. The van der Waals surface area contributed by atoms with Gasteiger partial charge in [0.2, 0.25) is 17.7 Å². The van der Waals surface area contributed by atoms with Crippen molar-refractivity contribution in [3.05, 3.63) is 0 Å². The van der Waals surface area contributed by atoms with E-state index in [0.29, 0.717) is 38.8 Å². The number of fused-ring (bicyclic) bond motifs is 1. The van der Waals surface area contributed by atoms with Crippen LogP contribution in [-0.2, 0) is 19.1 Å². The van der Waals surface area contributed by atoms with Gasteiger partial charge in [0.15, 0.2) is 0 Å². The molecule has 1 spiro atoms. The quantitative estimate of drug-likeness (QED) is 0.429. The van der Waals surface area contributed by atoms with Crippen LogP contribution in [0.3, 0.4) is 0 Å². The van der Waals surface area contributed by atoms with Gasteiger partial charge in [-0.3, -0.25) is 14.4 Å². The predicted molar refractivity (Wildman–Crippen MR) is 123 cm³/mol. The van der Waals surface area contributed by atoms with Gasteiger partial charge in [-0.25, -0.2) is 0 Å². The topological polar surface area (TPSA) is 108 Å². The molecule has 0 radical (unpaired) electrons. The van der Waals surface area contributed by atoms with Crippen LogP contribution in [0.1, 0.15) is 84.5 Å². The third kappa shape index (κ3) is 4.29. The number of nitrogens with zero attached hydrogens (tertiary/aromatic N) is 1. The summed E-state index contributed by atoms with van der Waals surface area (Å²) in [7, 11) is 0. The molecule has 2 unspecified atom stereocenters. The highest BCUT2D eigenvalue weighted by Crippen LogP contribution is 2.63. The molecule has 4 aliphatic rings. The maximum absolute atomic E-state index is 13.8. The number of hydrogen-bond acceptors (Lipinski definition) is 5. The molecule has 1 saturated carbocycles. The van der Waals surface area contributed by atoms with E-state index in [1.165, 1.54) is 6.42 Å².